The number of ketones is 1. The van der Waals surface area contributed by atoms with Crippen molar-refractivity contribution in [1.82, 2.24) is 0 Å². The first kappa shape index (κ1) is 7.33. The van der Waals surface area contributed by atoms with Crippen LogP contribution in [0.25, 0.3) is 0 Å². The third kappa shape index (κ3) is 1.33. The molecule has 1 heteroatoms. The molecule has 2 aliphatic rings. The summed E-state index contributed by atoms with van der Waals surface area (Å²) >= 11 is 0. The smallest absolute Gasteiger partial charge is 0.136 e. The van der Waals surface area contributed by atoms with Gasteiger partial charge in [-0.2, -0.15) is 0 Å². The third-order valence-corrected chi connectivity index (χ3v) is 3.32. The molecule has 0 N–H and O–H groups in total. The van der Waals surface area contributed by atoms with Gasteiger partial charge >= 0.3 is 0 Å². The van der Waals surface area contributed by atoms with Crippen LogP contribution in [0.2, 0.25) is 0 Å². The average Bonchev–Trinajstić information content (AvgIpc) is 2.40. The molecular formula is C10H16O. The van der Waals surface area contributed by atoms with E-state index < -0.39 is 0 Å². The Balaban J connectivity index is 2.09. The normalized spacial score (nSPS) is 38.4. The first-order chi connectivity index (χ1) is 5.38. The first-order valence-corrected chi connectivity index (χ1v) is 4.90. The second kappa shape index (κ2) is 2.96. The van der Waals surface area contributed by atoms with Crippen molar-refractivity contribution in [3.63, 3.8) is 0 Å². The zero-order valence-corrected chi connectivity index (χ0v) is 7.01. The quantitative estimate of drug-likeness (QED) is 0.521. The fourth-order valence-electron chi connectivity index (χ4n) is 2.70. The molecule has 2 aliphatic carbocycles. The van der Waals surface area contributed by atoms with E-state index in [2.05, 4.69) is 0 Å². The highest BCUT2D eigenvalue weighted by Crippen LogP contribution is 2.38. The van der Waals surface area contributed by atoms with Crippen LogP contribution in [0.3, 0.4) is 0 Å². The van der Waals surface area contributed by atoms with E-state index in [1.807, 2.05) is 0 Å². The summed E-state index contributed by atoms with van der Waals surface area (Å²) in [6.07, 6.45) is 8.50. The summed E-state index contributed by atoms with van der Waals surface area (Å²) in [5.74, 6) is 1.84. The lowest BCUT2D eigenvalue weighted by Crippen LogP contribution is -2.15. The number of fused-ring (bicyclic) bond motifs is 1. The molecule has 0 aromatic rings. The molecule has 0 spiro atoms. The molecule has 0 unspecified atom stereocenters. The van der Waals surface area contributed by atoms with E-state index in [-0.39, 0.29) is 0 Å². The van der Waals surface area contributed by atoms with Crippen molar-refractivity contribution in [3.8, 4) is 0 Å². The number of rotatable bonds is 0. The monoisotopic (exact) mass is 152 g/mol. The molecule has 0 bridgehead atoms. The Labute approximate surface area is 68.2 Å². The number of carbonyl (C=O) groups excluding carboxylic acids is 1. The van der Waals surface area contributed by atoms with Gasteiger partial charge in [-0.05, 0) is 31.6 Å². The van der Waals surface area contributed by atoms with Crippen molar-refractivity contribution in [3.05, 3.63) is 0 Å². The molecule has 2 fully saturated rings. The van der Waals surface area contributed by atoms with Crippen LogP contribution in [0.15, 0.2) is 0 Å². The van der Waals surface area contributed by atoms with Gasteiger partial charge in [0.05, 0.1) is 0 Å². The van der Waals surface area contributed by atoms with Crippen molar-refractivity contribution in [1.29, 1.82) is 0 Å². The van der Waals surface area contributed by atoms with Gasteiger partial charge in [0.1, 0.15) is 5.78 Å². The summed E-state index contributed by atoms with van der Waals surface area (Å²) in [4.78, 5) is 11.5. The minimum atomic E-state index is 0.484. The van der Waals surface area contributed by atoms with E-state index >= 15 is 0 Å². The average molecular weight is 152 g/mol. The van der Waals surface area contributed by atoms with E-state index in [0.29, 0.717) is 11.7 Å². The predicted molar refractivity (Wildman–Crippen MR) is 44.3 cm³/mol. The van der Waals surface area contributed by atoms with Gasteiger partial charge in [-0.25, -0.2) is 0 Å². The predicted octanol–water partition coefficient (Wildman–Crippen LogP) is 2.55. The Bertz CT molecular complexity index is 162. The summed E-state index contributed by atoms with van der Waals surface area (Å²) in [5, 5.41) is 0. The van der Waals surface area contributed by atoms with Crippen LogP contribution in [0.1, 0.15) is 44.9 Å². The molecule has 0 saturated heterocycles. The van der Waals surface area contributed by atoms with E-state index in [1.165, 1.54) is 32.1 Å². The molecule has 2 rings (SSSR count). The highest BCUT2D eigenvalue weighted by atomic mass is 16.1. The van der Waals surface area contributed by atoms with Gasteiger partial charge in [0.25, 0.3) is 0 Å². The lowest BCUT2D eigenvalue weighted by Gasteiger charge is -2.13. The number of hydrogen-bond donors (Lipinski definition) is 0. The van der Waals surface area contributed by atoms with E-state index in [1.54, 1.807) is 0 Å². The Hall–Kier alpha value is -0.330. The zero-order valence-electron chi connectivity index (χ0n) is 7.01. The van der Waals surface area contributed by atoms with Crippen LogP contribution < -0.4 is 0 Å². The van der Waals surface area contributed by atoms with Crippen LogP contribution in [0, 0.1) is 11.8 Å². The van der Waals surface area contributed by atoms with Crippen molar-refractivity contribution in [2.75, 3.05) is 0 Å². The molecule has 0 heterocycles. The van der Waals surface area contributed by atoms with E-state index in [4.69, 9.17) is 0 Å². The molecule has 62 valence electrons. The summed E-state index contributed by atoms with van der Waals surface area (Å²) in [7, 11) is 0. The second-order valence-corrected chi connectivity index (χ2v) is 4.01. The molecule has 2 atom stereocenters. The van der Waals surface area contributed by atoms with Gasteiger partial charge in [-0.15, -0.1) is 0 Å². The molecule has 0 amide bonds. The van der Waals surface area contributed by atoms with Gasteiger partial charge in [-0.3, -0.25) is 4.79 Å². The minimum absolute atomic E-state index is 0.484. The topological polar surface area (TPSA) is 17.1 Å². The van der Waals surface area contributed by atoms with Crippen LogP contribution in [0.4, 0.5) is 0 Å². The summed E-state index contributed by atoms with van der Waals surface area (Å²) < 4.78 is 0. The van der Waals surface area contributed by atoms with E-state index in [0.717, 1.165) is 18.8 Å². The van der Waals surface area contributed by atoms with Gasteiger partial charge in [0, 0.05) is 12.3 Å². The fourth-order valence-corrected chi connectivity index (χ4v) is 2.70. The van der Waals surface area contributed by atoms with Gasteiger partial charge in [-0.1, -0.05) is 12.8 Å². The fraction of sp³-hybridized carbons (Fsp3) is 0.900. The largest absolute Gasteiger partial charge is 0.299 e. The number of carbonyl (C=O) groups is 1. The number of hydrogen-bond acceptors (Lipinski definition) is 1. The van der Waals surface area contributed by atoms with E-state index in [9.17, 15) is 4.79 Å². The Morgan fingerprint density at radius 2 is 1.82 bits per heavy atom. The molecule has 0 aromatic carbocycles. The van der Waals surface area contributed by atoms with Crippen LogP contribution >= 0.6 is 0 Å². The molecule has 0 radical (unpaired) electrons. The van der Waals surface area contributed by atoms with Gasteiger partial charge < -0.3 is 0 Å². The molecule has 1 nitrogen and oxygen atoms in total. The highest BCUT2D eigenvalue weighted by molar-refractivity contribution is 5.81. The first-order valence-electron chi connectivity index (χ1n) is 4.90. The summed E-state index contributed by atoms with van der Waals surface area (Å²) in [6, 6.07) is 0. The maximum absolute atomic E-state index is 11.5. The Kier molecular flexibility index (Phi) is 1.97. The van der Waals surface area contributed by atoms with Crippen LogP contribution in [-0.2, 0) is 4.79 Å². The van der Waals surface area contributed by atoms with Gasteiger partial charge in [0.15, 0.2) is 0 Å². The molecule has 0 aromatic heterocycles. The second-order valence-electron chi connectivity index (χ2n) is 4.01. The lowest BCUT2D eigenvalue weighted by molar-refractivity contribution is -0.123. The van der Waals surface area contributed by atoms with Gasteiger partial charge in [0.2, 0.25) is 0 Å². The Morgan fingerprint density at radius 3 is 2.73 bits per heavy atom. The molecule has 2 saturated carbocycles. The Morgan fingerprint density at radius 1 is 1.00 bits per heavy atom. The number of Topliss-reactive ketones (excluding diaryl/α,β-unsaturated/α-hetero) is 1. The summed E-state index contributed by atoms with van der Waals surface area (Å²) in [6.45, 7) is 0. The van der Waals surface area contributed by atoms with Crippen molar-refractivity contribution in [2.24, 2.45) is 11.8 Å². The molecule has 0 aliphatic heterocycles. The maximum Gasteiger partial charge on any atom is 0.136 e. The van der Waals surface area contributed by atoms with Crippen molar-refractivity contribution >= 4 is 5.78 Å². The maximum atomic E-state index is 11.5. The standard InChI is InChI=1S/C10H16O/c11-10-7-2-1-4-8-5-3-6-9(8)10/h8-9H,1-7H2/t8-,9-/m1/s1. The molecule has 11 heavy (non-hydrogen) atoms. The van der Waals surface area contributed by atoms with Crippen molar-refractivity contribution in [2.45, 2.75) is 44.9 Å². The van der Waals surface area contributed by atoms with Crippen LogP contribution in [-0.4, -0.2) is 5.78 Å². The highest BCUT2D eigenvalue weighted by Gasteiger charge is 2.33. The zero-order chi connectivity index (χ0) is 7.68. The van der Waals surface area contributed by atoms with Crippen LogP contribution in [0.5, 0.6) is 0 Å². The molecular weight excluding hydrogens is 136 g/mol. The lowest BCUT2D eigenvalue weighted by atomic mass is 9.91. The van der Waals surface area contributed by atoms with Crippen molar-refractivity contribution < 1.29 is 4.79 Å². The minimum Gasteiger partial charge on any atom is -0.299 e. The summed E-state index contributed by atoms with van der Waals surface area (Å²) in [5.41, 5.74) is 0. The SMILES string of the molecule is O=C1CCCC[C@@H]2CCC[C@@H]12. The third-order valence-electron chi connectivity index (χ3n) is 3.32.